The molecule has 3 heteroatoms. The van der Waals surface area contributed by atoms with E-state index < -0.39 is 0 Å². The summed E-state index contributed by atoms with van der Waals surface area (Å²) in [6.45, 7) is 4.29. The normalized spacial score (nSPS) is 13.5. The fourth-order valence-electron chi connectivity index (χ4n) is 1.33. The van der Waals surface area contributed by atoms with E-state index in [1.165, 1.54) is 0 Å². The minimum absolute atomic E-state index is 0.0438. The zero-order valence-electron chi connectivity index (χ0n) is 8.86. The van der Waals surface area contributed by atoms with Crippen molar-refractivity contribution >= 4 is 0 Å². The number of hydrogen-bond acceptors (Lipinski definition) is 3. The average Bonchev–Trinajstić information content (AvgIpc) is 2.62. The summed E-state index contributed by atoms with van der Waals surface area (Å²) < 4.78 is 5.35. The highest BCUT2D eigenvalue weighted by molar-refractivity contribution is 5.09. The van der Waals surface area contributed by atoms with Gasteiger partial charge in [0, 0.05) is 0 Å². The van der Waals surface area contributed by atoms with Gasteiger partial charge in [-0.25, -0.2) is 0 Å². The molecule has 1 heterocycles. The van der Waals surface area contributed by atoms with E-state index in [9.17, 15) is 0 Å². The first-order chi connectivity index (χ1) is 6.63. The van der Waals surface area contributed by atoms with Crippen LogP contribution in [-0.2, 0) is 6.61 Å². The third kappa shape index (κ3) is 3.16. The van der Waals surface area contributed by atoms with Gasteiger partial charge in [0.05, 0.1) is 6.04 Å². The number of aliphatic hydroxyl groups is 1. The topological polar surface area (TPSA) is 59.4 Å². The molecule has 0 unspecified atom stereocenters. The Kier molecular flexibility index (Phi) is 4.17. The molecular formula is C11H19NO2. The molecule has 3 N–H and O–H groups in total. The molecule has 3 nitrogen and oxygen atoms in total. The van der Waals surface area contributed by atoms with Gasteiger partial charge in [0.2, 0.25) is 0 Å². The van der Waals surface area contributed by atoms with Gasteiger partial charge < -0.3 is 15.3 Å². The van der Waals surface area contributed by atoms with Crippen LogP contribution in [0.15, 0.2) is 16.5 Å². The molecule has 0 radical (unpaired) electrons. The van der Waals surface area contributed by atoms with E-state index in [2.05, 4.69) is 13.8 Å². The van der Waals surface area contributed by atoms with Crippen molar-refractivity contribution in [2.24, 2.45) is 11.7 Å². The lowest BCUT2D eigenvalue weighted by atomic mass is 10.0. The fourth-order valence-corrected chi connectivity index (χ4v) is 1.33. The Bertz CT molecular complexity index is 268. The first-order valence-corrected chi connectivity index (χ1v) is 5.08. The van der Waals surface area contributed by atoms with Gasteiger partial charge >= 0.3 is 0 Å². The third-order valence-corrected chi connectivity index (χ3v) is 2.26. The molecule has 0 aliphatic heterocycles. The second-order valence-corrected chi connectivity index (χ2v) is 4.04. The summed E-state index contributed by atoms with van der Waals surface area (Å²) in [6.07, 6.45) is 2.02. The molecule has 1 atom stereocenters. The van der Waals surface area contributed by atoms with Crippen LogP contribution in [0.4, 0.5) is 0 Å². The molecule has 14 heavy (non-hydrogen) atoms. The molecular weight excluding hydrogens is 178 g/mol. The Hall–Kier alpha value is -0.800. The Labute approximate surface area is 84.9 Å². The van der Waals surface area contributed by atoms with Gasteiger partial charge in [-0.2, -0.15) is 0 Å². The Morgan fingerprint density at radius 2 is 2.07 bits per heavy atom. The van der Waals surface area contributed by atoms with Gasteiger partial charge in [0.15, 0.2) is 0 Å². The summed E-state index contributed by atoms with van der Waals surface area (Å²) in [5.74, 6) is 2.02. The summed E-state index contributed by atoms with van der Waals surface area (Å²) >= 11 is 0. The maximum atomic E-state index is 8.82. The van der Waals surface area contributed by atoms with E-state index in [1.54, 1.807) is 6.07 Å². The molecule has 0 aliphatic carbocycles. The second-order valence-electron chi connectivity index (χ2n) is 4.04. The Morgan fingerprint density at radius 1 is 1.36 bits per heavy atom. The van der Waals surface area contributed by atoms with Crippen molar-refractivity contribution in [2.75, 3.05) is 0 Å². The van der Waals surface area contributed by atoms with E-state index in [4.69, 9.17) is 15.3 Å². The lowest BCUT2D eigenvalue weighted by Gasteiger charge is -2.10. The molecule has 1 aromatic rings. The van der Waals surface area contributed by atoms with Crippen LogP contribution in [0.3, 0.4) is 0 Å². The molecule has 0 aromatic carbocycles. The van der Waals surface area contributed by atoms with E-state index in [-0.39, 0.29) is 12.6 Å². The molecule has 0 saturated heterocycles. The maximum absolute atomic E-state index is 8.82. The van der Waals surface area contributed by atoms with Crippen molar-refractivity contribution in [1.82, 2.24) is 0 Å². The molecule has 1 rings (SSSR count). The first kappa shape index (κ1) is 11.3. The van der Waals surface area contributed by atoms with Crippen molar-refractivity contribution < 1.29 is 9.52 Å². The fraction of sp³-hybridized carbons (Fsp3) is 0.636. The van der Waals surface area contributed by atoms with Crippen LogP contribution in [0.1, 0.15) is 44.3 Å². The van der Waals surface area contributed by atoms with Crippen LogP contribution in [0.25, 0.3) is 0 Å². The molecule has 0 aliphatic rings. The van der Waals surface area contributed by atoms with Crippen LogP contribution in [0.2, 0.25) is 0 Å². The molecule has 0 saturated carbocycles. The van der Waals surface area contributed by atoms with Crippen molar-refractivity contribution in [3.63, 3.8) is 0 Å². The monoisotopic (exact) mass is 197 g/mol. The second kappa shape index (κ2) is 5.17. The van der Waals surface area contributed by atoms with E-state index in [1.807, 2.05) is 6.07 Å². The number of rotatable bonds is 5. The molecule has 80 valence electrons. The summed E-state index contributed by atoms with van der Waals surface area (Å²) in [6, 6.07) is 3.57. The van der Waals surface area contributed by atoms with Crippen LogP contribution in [-0.4, -0.2) is 5.11 Å². The highest BCUT2D eigenvalue weighted by Gasteiger charge is 2.11. The Morgan fingerprint density at radius 3 is 2.57 bits per heavy atom. The quantitative estimate of drug-likeness (QED) is 0.760. The molecule has 0 bridgehead atoms. The minimum atomic E-state index is -0.0586. The summed E-state index contributed by atoms with van der Waals surface area (Å²) in [5, 5.41) is 8.82. The SMILES string of the molecule is CC(C)CC[C@@H](N)c1ccc(CO)o1. The third-order valence-electron chi connectivity index (χ3n) is 2.26. The van der Waals surface area contributed by atoms with Gasteiger partial charge in [-0.1, -0.05) is 13.8 Å². The van der Waals surface area contributed by atoms with E-state index >= 15 is 0 Å². The summed E-state index contributed by atoms with van der Waals surface area (Å²) in [4.78, 5) is 0. The maximum Gasteiger partial charge on any atom is 0.129 e. The minimum Gasteiger partial charge on any atom is -0.462 e. The van der Waals surface area contributed by atoms with Crippen LogP contribution < -0.4 is 5.73 Å². The standard InChI is InChI=1S/C11H19NO2/c1-8(2)3-5-10(12)11-6-4-9(7-13)14-11/h4,6,8,10,13H,3,5,7,12H2,1-2H3/t10-/m1/s1. The van der Waals surface area contributed by atoms with Crippen molar-refractivity contribution in [2.45, 2.75) is 39.3 Å². The smallest absolute Gasteiger partial charge is 0.129 e. The molecule has 0 amide bonds. The van der Waals surface area contributed by atoms with Crippen LogP contribution in [0.5, 0.6) is 0 Å². The summed E-state index contributed by atoms with van der Waals surface area (Å²) in [7, 11) is 0. The van der Waals surface area contributed by atoms with Crippen molar-refractivity contribution in [1.29, 1.82) is 0 Å². The number of furan rings is 1. The van der Waals surface area contributed by atoms with Gasteiger partial charge in [0.25, 0.3) is 0 Å². The lowest BCUT2D eigenvalue weighted by Crippen LogP contribution is -2.10. The van der Waals surface area contributed by atoms with Gasteiger partial charge in [-0.05, 0) is 30.9 Å². The Balaban J connectivity index is 2.47. The number of nitrogens with two attached hydrogens (primary N) is 1. The molecule has 0 fully saturated rings. The molecule has 0 spiro atoms. The van der Waals surface area contributed by atoms with Crippen molar-refractivity contribution in [3.8, 4) is 0 Å². The van der Waals surface area contributed by atoms with Crippen LogP contribution in [0, 0.1) is 5.92 Å². The van der Waals surface area contributed by atoms with Crippen LogP contribution >= 0.6 is 0 Å². The van der Waals surface area contributed by atoms with Gasteiger partial charge in [-0.15, -0.1) is 0 Å². The first-order valence-electron chi connectivity index (χ1n) is 5.08. The predicted molar refractivity (Wildman–Crippen MR) is 55.6 cm³/mol. The van der Waals surface area contributed by atoms with E-state index in [0.29, 0.717) is 11.7 Å². The highest BCUT2D eigenvalue weighted by atomic mass is 16.4. The van der Waals surface area contributed by atoms with Gasteiger partial charge in [0.1, 0.15) is 18.1 Å². The number of aliphatic hydroxyl groups excluding tert-OH is 1. The average molecular weight is 197 g/mol. The van der Waals surface area contributed by atoms with E-state index in [0.717, 1.165) is 18.6 Å². The van der Waals surface area contributed by atoms with Crippen molar-refractivity contribution in [3.05, 3.63) is 23.7 Å². The zero-order valence-corrected chi connectivity index (χ0v) is 8.86. The predicted octanol–water partition coefficient (Wildman–Crippen LogP) is 2.21. The highest BCUT2D eigenvalue weighted by Crippen LogP contribution is 2.20. The zero-order chi connectivity index (χ0) is 10.6. The lowest BCUT2D eigenvalue weighted by molar-refractivity contribution is 0.240. The summed E-state index contributed by atoms with van der Waals surface area (Å²) in [5.41, 5.74) is 5.94. The molecule has 1 aromatic heterocycles. The largest absolute Gasteiger partial charge is 0.462 e. The number of hydrogen-bond donors (Lipinski definition) is 2. The van der Waals surface area contributed by atoms with Gasteiger partial charge in [-0.3, -0.25) is 0 Å².